The maximum atomic E-state index is 11.6. The van der Waals surface area contributed by atoms with Crippen molar-refractivity contribution in [1.82, 2.24) is 5.32 Å². The minimum atomic E-state index is -0.465. The molecular weight excluding hydrogens is 354 g/mol. The van der Waals surface area contributed by atoms with Crippen LogP contribution in [0.15, 0.2) is 46.9 Å². The fraction of sp³-hybridized carbons (Fsp3) is 0.211. The second kappa shape index (κ2) is 8.40. The van der Waals surface area contributed by atoms with Crippen molar-refractivity contribution >= 4 is 22.0 Å². The number of carbonyl (C=O) groups is 1. The molecule has 3 nitrogen and oxygen atoms in total. The topological polar surface area (TPSA) is 38.3 Å². The van der Waals surface area contributed by atoms with Crippen LogP contribution >= 0.6 is 15.9 Å². The number of ether oxygens (including phenoxy) is 1. The van der Waals surface area contributed by atoms with Gasteiger partial charge >= 0.3 is 6.09 Å². The molecule has 0 saturated carbocycles. The number of alkyl carbamates (subject to hydrolysis) is 1. The van der Waals surface area contributed by atoms with Gasteiger partial charge in [-0.05, 0) is 42.7 Å². The van der Waals surface area contributed by atoms with E-state index in [0.717, 1.165) is 26.7 Å². The van der Waals surface area contributed by atoms with Gasteiger partial charge in [0.2, 0.25) is 0 Å². The van der Waals surface area contributed by atoms with E-state index in [1.165, 1.54) is 0 Å². The highest BCUT2D eigenvalue weighted by molar-refractivity contribution is 9.10. The first kappa shape index (κ1) is 17.1. The van der Waals surface area contributed by atoms with Crippen molar-refractivity contribution in [1.29, 1.82) is 0 Å². The van der Waals surface area contributed by atoms with Crippen LogP contribution in [0.1, 0.15) is 22.3 Å². The average molecular weight is 372 g/mol. The number of benzene rings is 2. The summed E-state index contributed by atoms with van der Waals surface area (Å²) in [6.45, 7) is 4.54. The number of amides is 1. The van der Waals surface area contributed by atoms with E-state index in [1.54, 1.807) is 0 Å². The predicted molar refractivity (Wildman–Crippen MR) is 95.1 cm³/mol. The third-order valence-corrected chi connectivity index (χ3v) is 3.70. The average Bonchev–Trinajstić information content (AvgIpc) is 2.52. The number of carbonyl (C=O) groups excluding carboxylic acids is 1. The summed E-state index contributed by atoms with van der Waals surface area (Å²) < 4.78 is 6.16. The molecular formula is C19H18BrNO2. The molecule has 0 bridgehead atoms. The fourth-order valence-electron chi connectivity index (χ4n) is 2.13. The van der Waals surface area contributed by atoms with Crippen LogP contribution in [0.3, 0.4) is 0 Å². The molecule has 0 aliphatic rings. The molecule has 1 amide bonds. The molecule has 2 rings (SSSR count). The molecule has 0 unspecified atom stereocenters. The van der Waals surface area contributed by atoms with Crippen molar-refractivity contribution in [3.8, 4) is 11.8 Å². The van der Waals surface area contributed by atoms with E-state index in [2.05, 4.69) is 33.1 Å². The molecule has 0 heterocycles. The van der Waals surface area contributed by atoms with Gasteiger partial charge in [-0.25, -0.2) is 4.79 Å². The van der Waals surface area contributed by atoms with E-state index in [0.29, 0.717) is 0 Å². The van der Waals surface area contributed by atoms with Gasteiger partial charge in [0, 0.05) is 10.0 Å². The Labute approximate surface area is 145 Å². The number of nitrogens with one attached hydrogen (secondary N) is 1. The highest BCUT2D eigenvalue weighted by Crippen LogP contribution is 2.19. The molecule has 118 valence electrons. The monoisotopic (exact) mass is 371 g/mol. The Kier molecular flexibility index (Phi) is 6.25. The fourth-order valence-corrected chi connectivity index (χ4v) is 2.82. The van der Waals surface area contributed by atoms with Gasteiger partial charge in [0.1, 0.15) is 6.61 Å². The summed E-state index contributed by atoms with van der Waals surface area (Å²) in [7, 11) is 0. The summed E-state index contributed by atoms with van der Waals surface area (Å²) in [4.78, 5) is 11.6. The van der Waals surface area contributed by atoms with E-state index in [4.69, 9.17) is 4.74 Å². The third-order valence-electron chi connectivity index (χ3n) is 3.24. The second-order valence-corrected chi connectivity index (χ2v) is 6.05. The zero-order chi connectivity index (χ0) is 16.7. The first-order chi connectivity index (χ1) is 11.1. The van der Waals surface area contributed by atoms with Crippen molar-refractivity contribution in [3.63, 3.8) is 0 Å². The van der Waals surface area contributed by atoms with Crippen molar-refractivity contribution in [3.05, 3.63) is 69.2 Å². The highest BCUT2D eigenvalue weighted by Gasteiger charge is 2.02. The zero-order valence-electron chi connectivity index (χ0n) is 13.2. The van der Waals surface area contributed by atoms with Gasteiger partial charge in [-0.3, -0.25) is 0 Å². The maximum Gasteiger partial charge on any atom is 0.408 e. The number of hydrogen-bond donors (Lipinski definition) is 1. The standard InChI is InChI=1S/C19H18BrNO2/c1-14-11-17(20)12-15(2)18(14)9-6-10-21-19(22)23-13-16-7-4-3-5-8-16/h3-5,7-8,11-12H,10,13H2,1-2H3,(H,21,22). The number of halogens is 1. The quantitative estimate of drug-likeness (QED) is 0.814. The van der Waals surface area contributed by atoms with Crippen molar-refractivity contribution < 1.29 is 9.53 Å². The predicted octanol–water partition coefficient (Wildman–Crippen LogP) is 4.34. The van der Waals surface area contributed by atoms with Crippen LogP contribution in [0.2, 0.25) is 0 Å². The lowest BCUT2D eigenvalue weighted by molar-refractivity contribution is 0.141. The van der Waals surface area contributed by atoms with Gasteiger partial charge in [-0.2, -0.15) is 0 Å². The molecule has 2 aromatic carbocycles. The Morgan fingerprint density at radius 3 is 2.48 bits per heavy atom. The normalized spacial score (nSPS) is 9.70. The molecule has 0 aliphatic heterocycles. The van der Waals surface area contributed by atoms with Crippen LogP contribution in [0.5, 0.6) is 0 Å². The Morgan fingerprint density at radius 1 is 1.17 bits per heavy atom. The zero-order valence-corrected chi connectivity index (χ0v) is 14.7. The van der Waals surface area contributed by atoms with Gasteiger partial charge < -0.3 is 10.1 Å². The minimum Gasteiger partial charge on any atom is -0.445 e. The first-order valence-electron chi connectivity index (χ1n) is 7.26. The number of hydrogen-bond acceptors (Lipinski definition) is 2. The molecule has 23 heavy (non-hydrogen) atoms. The number of aryl methyl sites for hydroxylation is 2. The lowest BCUT2D eigenvalue weighted by Crippen LogP contribution is -2.24. The van der Waals surface area contributed by atoms with Crippen LogP contribution in [0.4, 0.5) is 4.79 Å². The Morgan fingerprint density at radius 2 is 1.83 bits per heavy atom. The van der Waals surface area contributed by atoms with E-state index in [-0.39, 0.29) is 13.2 Å². The molecule has 1 N–H and O–H groups in total. The SMILES string of the molecule is Cc1cc(Br)cc(C)c1C#CCNC(=O)OCc1ccccc1. The molecule has 0 aromatic heterocycles. The van der Waals surface area contributed by atoms with Crippen LogP contribution < -0.4 is 5.32 Å². The van der Waals surface area contributed by atoms with Crippen molar-refractivity contribution in [2.75, 3.05) is 6.54 Å². The lowest BCUT2D eigenvalue weighted by Gasteiger charge is -2.05. The van der Waals surface area contributed by atoms with Crippen LogP contribution in [0, 0.1) is 25.7 Å². The molecule has 0 radical (unpaired) electrons. The summed E-state index contributed by atoms with van der Waals surface area (Å²) in [6, 6.07) is 13.6. The summed E-state index contributed by atoms with van der Waals surface area (Å²) in [5.41, 5.74) is 4.16. The summed E-state index contributed by atoms with van der Waals surface area (Å²) in [6.07, 6.45) is -0.465. The lowest BCUT2D eigenvalue weighted by atomic mass is 10.0. The van der Waals surface area contributed by atoms with Gasteiger partial charge in [-0.15, -0.1) is 0 Å². The van der Waals surface area contributed by atoms with Crippen molar-refractivity contribution in [2.24, 2.45) is 0 Å². The molecule has 0 aliphatic carbocycles. The first-order valence-corrected chi connectivity index (χ1v) is 8.05. The van der Waals surface area contributed by atoms with E-state index in [9.17, 15) is 4.79 Å². The van der Waals surface area contributed by atoms with Crippen LogP contribution in [-0.4, -0.2) is 12.6 Å². The maximum absolute atomic E-state index is 11.6. The van der Waals surface area contributed by atoms with Crippen molar-refractivity contribution in [2.45, 2.75) is 20.5 Å². The molecule has 0 saturated heterocycles. The van der Waals surface area contributed by atoms with Gasteiger partial charge in [-0.1, -0.05) is 58.1 Å². The molecule has 0 atom stereocenters. The Balaban J connectivity index is 1.83. The van der Waals surface area contributed by atoms with Gasteiger partial charge in [0.05, 0.1) is 6.54 Å². The van der Waals surface area contributed by atoms with E-state index >= 15 is 0 Å². The van der Waals surface area contributed by atoms with Crippen LogP contribution in [0.25, 0.3) is 0 Å². The third kappa shape index (κ3) is 5.46. The number of rotatable bonds is 3. The Hall–Kier alpha value is -2.25. The molecule has 0 fully saturated rings. The molecule has 0 spiro atoms. The Bertz CT molecular complexity index is 722. The molecule has 4 heteroatoms. The van der Waals surface area contributed by atoms with E-state index in [1.807, 2.05) is 56.3 Å². The van der Waals surface area contributed by atoms with Gasteiger partial charge in [0.15, 0.2) is 0 Å². The highest BCUT2D eigenvalue weighted by atomic mass is 79.9. The smallest absolute Gasteiger partial charge is 0.408 e. The summed E-state index contributed by atoms with van der Waals surface area (Å²) in [5, 5.41) is 2.63. The summed E-state index contributed by atoms with van der Waals surface area (Å²) >= 11 is 3.46. The molecule has 2 aromatic rings. The van der Waals surface area contributed by atoms with Gasteiger partial charge in [0.25, 0.3) is 0 Å². The van der Waals surface area contributed by atoms with Crippen LogP contribution in [-0.2, 0) is 11.3 Å². The van der Waals surface area contributed by atoms with E-state index < -0.39 is 6.09 Å². The summed E-state index contributed by atoms with van der Waals surface area (Å²) in [5.74, 6) is 6.05. The largest absolute Gasteiger partial charge is 0.445 e. The minimum absolute atomic E-state index is 0.253. The second-order valence-electron chi connectivity index (χ2n) is 5.13.